The van der Waals surface area contributed by atoms with E-state index < -0.39 is 0 Å². The van der Waals surface area contributed by atoms with Crippen LogP contribution in [0.5, 0.6) is 0 Å². The van der Waals surface area contributed by atoms with E-state index in [1.54, 1.807) is 6.20 Å². The number of nitrogens with two attached hydrogens (primary N) is 1. The average Bonchev–Trinajstić information content (AvgIpc) is 2.13. The molecule has 0 saturated heterocycles. The number of aliphatic hydroxyl groups is 1. The number of pyridine rings is 1. The number of hydrogen-bond acceptors (Lipinski definition) is 3. The Morgan fingerprint density at radius 3 is 3.00 bits per heavy atom. The molecule has 0 saturated carbocycles. The molecule has 0 aromatic carbocycles. The number of aliphatic hydroxyl groups excluding tert-OH is 1. The predicted molar refractivity (Wildman–Crippen MR) is 48.4 cm³/mol. The van der Waals surface area contributed by atoms with E-state index in [1.165, 1.54) is 4.68 Å². The van der Waals surface area contributed by atoms with E-state index in [0.717, 1.165) is 12.0 Å². The minimum absolute atomic E-state index is 0.0751. The lowest BCUT2D eigenvalue weighted by atomic mass is 10.2. The van der Waals surface area contributed by atoms with Gasteiger partial charge in [-0.25, -0.2) is 5.84 Å². The maximum atomic E-state index is 8.46. The smallest absolute Gasteiger partial charge is 0.202 e. The summed E-state index contributed by atoms with van der Waals surface area (Å²) >= 11 is 0. The zero-order valence-corrected chi connectivity index (χ0v) is 7.52. The minimum Gasteiger partial charge on any atom is -0.394 e. The minimum atomic E-state index is 0.0751. The van der Waals surface area contributed by atoms with Gasteiger partial charge in [-0.15, -0.1) is 0 Å². The van der Waals surface area contributed by atoms with Crippen molar-refractivity contribution in [3.05, 3.63) is 30.1 Å². The summed E-state index contributed by atoms with van der Waals surface area (Å²) in [6.07, 6.45) is 4.44. The molecule has 0 fully saturated rings. The summed E-state index contributed by atoms with van der Waals surface area (Å²) in [6, 6.07) is 3.88. The van der Waals surface area contributed by atoms with Crippen LogP contribution in [0.3, 0.4) is 0 Å². The molecule has 0 amide bonds. The fraction of sp³-hybridized carbons (Fsp3) is 0.444. The zero-order chi connectivity index (χ0) is 9.52. The molecule has 4 nitrogen and oxygen atoms in total. The van der Waals surface area contributed by atoms with Gasteiger partial charge in [-0.3, -0.25) is 0 Å². The predicted octanol–water partition coefficient (Wildman–Crippen LogP) is -0.761. The van der Waals surface area contributed by atoms with Crippen LogP contribution >= 0.6 is 0 Å². The summed E-state index contributed by atoms with van der Waals surface area (Å²) < 4.78 is 6.64. The second-order valence-corrected chi connectivity index (χ2v) is 2.75. The normalized spacial score (nSPS) is 10.2. The molecule has 4 heteroatoms. The maximum Gasteiger partial charge on any atom is 0.202 e. The summed E-state index contributed by atoms with van der Waals surface area (Å²) in [6.45, 7) is 1.09. The lowest BCUT2D eigenvalue weighted by Crippen LogP contribution is -2.43. The highest BCUT2D eigenvalue weighted by atomic mass is 16.5. The highest BCUT2D eigenvalue weighted by Crippen LogP contribution is 1.95. The lowest BCUT2D eigenvalue weighted by molar-refractivity contribution is -0.639. The van der Waals surface area contributed by atoms with E-state index in [9.17, 15) is 0 Å². The SMILES string of the molecule is N[n+]1cccc(CCOCCO)c1. The van der Waals surface area contributed by atoms with Crippen molar-refractivity contribution < 1.29 is 14.5 Å². The molecule has 72 valence electrons. The summed E-state index contributed by atoms with van der Waals surface area (Å²) in [5, 5.41) is 8.46. The second-order valence-electron chi connectivity index (χ2n) is 2.75. The van der Waals surface area contributed by atoms with E-state index in [2.05, 4.69) is 0 Å². The van der Waals surface area contributed by atoms with Gasteiger partial charge in [-0.2, -0.15) is 0 Å². The molecular formula is C9H15N2O2+. The Balaban J connectivity index is 2.28. The monoisotopic (exact) mass is 183 g/mol. The van der Waals surface area contributed by atoms with Gasteiger partial charge in [0, 0.05) is 18.1 Å². The van der Waals surface area contributed by atoms with E-state index >= 15 is 0 Å². The molecule has 0 radical (unpaired) electrons. The Morgan fingerprint density at radius 2 is 2.31 bits per heavy atom. The molecule has 0 atom stereocenters. The van der Waals surface area contributed by atoms with E-state index in [0.29, 0.717) is 13.2 Å². The first-order valence-electron chi connectivity index (χ1n) is 4.27. The van der Waals surface area contributed by atoms with Crippen molar-refractivity contribution in [3.63, 3.8) is 0 Å². The van der Waals surface area contributed by atoms with Gasteiger partial charge < -0.3 is 9.84 Å². The number of aromatic nitrogens is 1. The van der Waals surface area contributed by atoms with Gasteiger partial charge in [0.25, 0.3) is 0 Å². The van der Waals surface area contributed by atoms with Crippen LogP contribution in [0.25, 0.3) is 0 Å². The largest absolute Gasteiger partial charge is 0.394 e. The van der Waals surface area contributed by atoms with Crippen LogP contribution in [0.15, 0.2) is 24.5 Å². The molecule has 1 rings (SSSR count). The molecule has 3 N–H and O–H groups in total. The van der Waals surface area contributed by atoms with Crippen molar-refractivity contribution in [2.24, 2.45) is 0 Å². The number of ether oxygens (including phenoxy) is 1. The Hall–Kier alpha value is -1.13. The maximum absolute atomic E-state index is 8.46. The van der Waals surface area contributed by atoms with Crippen molar-refractivity contribution in [3.8, 4) is 0 Å². The van der Waals surface area contributed by atoms with Gasteiger partial charge in [0.2, 0.25) is 6.20 Å². The molecule has 0 spiro atoms. The molecule has 1 aromatic heterocycles. The molecule has 0 bridgehead atoms. The fourth-order valence-electron chi connectivity index (χ4n) is 1.05. The first-order chi connectivity index (χ1) is 6.33. The molecular weight excluding hydrogens is 168 g/mol. The van der Waals surface area contributed by atoms with Gasteiger partial charge in [-0.05, 0) is 6.07 Å². The second kappa shape index (κ2) is 5.50. The van der Waals surface area contributed by atoms with Crippen LogP contribution < -0.4 is 10.5 Å². The topological polar surface area (TPSA) is 59.4 Å². The van der Waals surface area contributed by atoms with Crippen LogP contribution in [-0.4, -0.2) is 24.9 Å². The van der Waals surface area contributed by atoms with Crippen molar-refractivity contribution in [2.45, 2.75) is 6.42 Å². The first kappa shape index (κ1) is 9.95. The van der Waals surface area contributed by atoms with Crippen LogP contribution in [-0.2, 0) is 11.2 Å². The number of nitrogen functional groups attached to an aromatic ring is 1. The highest BCUT2D eigenvalue weighted by Gasteiger charge is 1.98. The summed E-state index contributed by atoms with van der Waals surface area (Å²) in [4.78, 5) is 0. The fourth-order valence-corrected chi connectivity index (χ4v) is 1.05. The molecule has 0 unspecified atom stereocenters. The van der Waals surface area contributed by atoms with Crippen LogP contribution in [0, 0.1) is 0 Å². The van der Waals surface area contributed by atoms with Crippen molar-refractivity contribution >= 4 is 0 Å². The van der Waals surface area contributed by atoms with Gasteiger partial charge in [0.15, 0.2) is 6.20 Å². The van der Waals surface area contributed by atoms with E-state index in [-0.39, 0.29) is 6.61 Å². The van der Waals surface area contributed by atoms with Crippen molar-refractivity contribution in [1.82, 2.24) is 0 Å². The van der Waals surface area contributed by atoms with E-state index in [1.807, 2.05) is 18.3 Å². The average molecular weight is 183 g/mol. The van der Waals surface area contributed by atoms with E-state index in [4.69, 9.17) is 15.7 Å². The van der Waals surface area contributed by atoms with Crippen LogP contribution in [0.4, 0.5) is 0 Å². The van der Waals surface area contributed by atoms with Gasteiger partial charge in [0.05, 0.1) is 19.8 Å². The summed E-state index contributed by atoms with van der Waals surface area (Å²) in [7, 11) is 0. The molecule has 1 aromatic rings. The van der Waals surface area contributed by atoms with Gasteiger partial charge in [-0.1, -0.05) is 4.68 Å². The first-order valence-corrected chi connectivity index (χ1v) is 4.27. The number of nitrogens with zero attached hydrogens (tertiary/aromatic N) is 1. The highest BCUT2D eigenvalue weighted by molar-refractivity contribution is 5.05. The van der Waals surface area contributed by atoms with Crippen molar-refractivity contribution in [1.29, 1.82) is 0 Å². The zero-order valence-electron chi connectivity index (χ0n) is 7.52. The standard InChI is InChI=1S/C9H15N2O2/c10-11-4-1-2-9(8-11)3-6-13-7-5-12/h1-2,4,8,12H,3,5-7,10H2/q+1. The van der Waals surface area contributed by atoms with Gasteiger partial charge >= 0.3 is 0 Å². The molecule has 0 aliphatic heterocycles. The molecule has 0 aliphatic rings. The Morgan fingerprint density at radius 1 is 1.46 bits per heavy atom. The molecule has 0 aliphatic carbocycles. The van der Waals surface area contributed by atoms with Crippen molar-refractivity contribution in [2.75, 3.05) is 25.7 Å². The third-order valence-electron chi connectivity index (χ3n) is 1.65. The summed E-state index contributed by atoms with van der Waals surface area (Å²) in [5.41, 5.74) is 1.13. The van der Waals surface area contributed by atoms with Crippen LogP contribution in [0.2, 0.25) is 0 Å². The number of hydrogen-bond donors (Lipinski definition) is 2. The quantitative estimate of drug-likeness (QED) is 0.358. The Labute approximate surface area is 77.5 Å². The third kappa shape index (κ3) is 3.87. The number of rotatable bonds is 5. The third-order valence-corrected chi connectivity index (χ3v) is 1.65. The summed E-state index contributed by atoms with van der Waals surface area (Å²) in [5.74, 6) is 5.52. The van der Waals surface area contributed by atoms with Crippen LogP contribution in [0.1, 0.15) is 5.56 Å². The lowest BCUT2D eigenvalue weighted by Gasteiger charge is -2.00. The molecule has 1 heterocycles. The Kier molecular flexibility index (Phi) is 4.21. The Bertz CT molecular complexity index is 253. The van der Waals surface area contributed by atoms with Gasteiger partial charge in [0.1, 0.15) is 0 Å². The molecule has 13 heavy (non-hydrogen) atoms.